The summed E-state index contributed by atoms with van der Waals surface area (Å²) in [6.45, 7) is 1.64. The summed E-state index contributed by atoms with van der Waals surface area (Å²) in [5.41, 5.74) is 0.843. The predicted octanol–water partition coefficient (Wildman–Crippen LogP) is 2.93. The van der Waals surface area contributed by atoms with Crippen LogP contribution in [0.4, 0.5) is 11.7 Å². The zero-order valence-corrected chi connectivity index (χ0v) is 14.0. The van der Waals surface area contributed by atoms with E-state index in [1.807, 2.05) is 0 Å². The number of benzene rings is 2. The van der Waals surface area contributed by atoms with Gasteiger partial charge in [-0.25, -0.2) is 0 Å². The maximum absolute atomic E-state index is 12.4. The minimum absolute atomic E-state index is 0.126. The third-order valence-corrected chi connectivity index (χ3v) is 4.01. The number of aromatic nitrogens is 2. The Labute approximate surface area is 151 Å². The number of ether oxygens (including phenoxy) is 2. The molecule has 0 radical (unpaired) electrons. The molecule has 1 amide bonds. The number of fused-ring (bicyclic) bond motifs is 1. The standard InChI is InChI=1S/C17H12N4O6/c1-9-11(3-2-4-12(9)21(23)24)15(22)18-17-20-19-16(27-17)10-5-6-13-14(7-10)26-8-25-13/h2-7H,8H2,1H3,(H,18,20,22). The molecule has 27 heavy (non-hydrogen) atoms. The van der Waals surface area contributed by atoms with Gasteiger partial charge >= 0.3 is 6.01 Å². The lowest BCUT2D eigenvalue weighted by molar-refractivity contribution is -0.385. The highest BCUT2D eigenvalue weighted by atomic mass is 16.7. The fourth-order valence-electron chi connectivity index (χ4n) is 2.65. The van der Waals surface area contributed by atoms with Crippen LogP contribution in [0, 0.1) is 17.0 Å². The molecule has 4 rings (SSSR count). The van der Waals surface area contributed by atoms with Crippen LogP contribution in [-0.2, 0) is 0 Å². The zero-order chi connectivity index (χ0) is 19.0. The molecule has 2 aromatic carbocycles. The molecule has 136 valence electrons. The first-order valence-electron chi connectivity index (χ1n) is 7.82. The number of amides is 1. The van der Waals surface area contributed by atoms with E-state index >= 15 is 0 Å². The molecule has 0 saturated carbocycles. The molecule has 1 aromatic heterocycles. The van der Waals surface area contributed by atoms with Gasteiger partial charge in [0.05, 0.1) is 4.92 Å². The normalized spacial score (nSPS) is 12.0. The van der Waals surface area contributed by atoms with E-state index in [0.717, 1.165) is 0 Å². The molecule has 10 nitrogen and oxygen atoms in total. The van der Waals surface area contributed by atoms with E-state index in [1.54, 1.807) is 18.2 Å². The first kappa shape index (κ1) is 16.5. The van der Waals surface area contributed by atoms with Crippen molar-refractivity contribution < 1.29 is 23.6 Å². The first-order chi connectivity index (χ1) is 13.0. The Balaban J connectivity index is 1.55. The summed E-state index contributed by atoms with van der Waals surface area (Å²) in [6, 6.07) is 9.24. The monoisotopic (exact) mass is 368 g/mol. The van der Waals surface area contributed by atoms with E-state index in [9.17, 15) is 14.9 Å². The number of nitro groups is 1. The van der Waals surface area contributed by atoms with Crippen molar-refractivity contribution >= 4 is 17.6 Å². The smallest absolute Gasteiger partial charge is 0.322 e. The maximum atomic E-state index is 12.4. The largest absolute Gasteiger partial charge is 0.454 e. The molecule has 10 heteroatoms. The molecule has 0 spiro atoms. The molecule has 1 aliphatic heterocycles. The second kappa shape index (κ2) is 6.41. The third kappa shape index (κ3) is 3.03. The van der Waals surface area contributed by atoms with E-state index in [2.05, 4.69) is 15.5 Å². The van der Waals surface area contributed by atoms with Gasteiger partial charge in [-0.2, -0.15) is 0 Å². The predicted molar refractivity (Wildman–Crippen MR) is 91.6 cm³/mol. The fraction of sp³-hybridized carbons (Fsp3) is 0.118. The Kier molecular flexibility index (Phi) is 3.92. The van der Waals surface area contributed by atoms with Crippen molar-refractivity contribution in [2.75, 3.05) is 12.1 Å². The lowest BCUT2D eigenvalue weighted by atomic mass is 10.1. The quantitative estimate of drug-likeness (QED) is 0.549. The minimum Gasteiger partial charge on any atom is -0.454 e. The molecule has 0 atom stereocenters. The number of hydrogen-bond acceptors (Lipinski definition) is 8. The number of nitro benzene ring substituents is 1. The van der Waals surface area contributed by atoms with E-state index in [-0.39, 0.29) is 35.5 Å². The first-order valence-corrected chi connectivity index (χ1v) is 7.82. The average Bonchev–Trinajstić information content (AvgIpc) is 3.29. The van der Waals surface area contributed by atoms with Crippen LogP contribution < -0.4 is 14.8 Å². The molecule has 2 heterocycles. The van der Waals surface area contributed by atoms with Gasteiger partial charge in [0.2, 0.25) is 12.7 Å². The van der Waals surface area contributed by atoms with E-state index < -0.39 is 10.8 Å². The van der Waals surface area contributed by atoms with Gasteiger partial charge in [0, 0.05) is 22.8 Å². The van der Waals surface area contributed by atoms with E-state index in [4.69, 9.17) is 13.9 Å². The molecule has 1 aliphatic rings. The Morgan fingerprint density at radius 3 is 2.81 bits per heavy atom. The van der Waals surface area contributed by atoms with Crippen LogP contribution in [0.5, 0.6) is 11.5 Å². The summed E-state index contributed by atoms with van der Waals surface area (Å²) in [5.74, 6) is 0.771. The highest BCUT2D eigenvalue weighted by Crippen LogP contribution is 2.35. The molecular formula is C17H12N4O6. The highest BCUT2D eigenvalue weighted by Gasteiger charge is 2.21. The van der Waals surface area contributed by atoms with Gasteiger partial charge in [-0.1, -0.05) is 11.2 Å². The summed E-state index contributed by atoms with van der Waals surface area (Å²) >= 11 is 0. The lowest BCUT2D eigenvalue weighted by Crippen LogP contribution is -2.14. The topological polar surface area (TPSA) is 130 Å². The maximum Gasteiger partial charge on any atom is 0.322 e. The van der Waals surface area contributed by atoms with Crippen molar-refractivity contribution in [2.24, 2.45) is 0 Å². The summed E-state index contributed by atoms with van der Waals surface area (Å²) in [4.78, 5) is 22.9. The average molecular weight is 368 g/mol. The number of nitrogens with zero attached hydrogens (tertiary/aromatic N) is 3. The Hall–Kier alpha value is -3.95. The molecular weight excluding hydrogens is 356 g/mol. The van der Waals surface area contributed by atoms with Crippen molar-refractivity contribution in [3.05, 3.63) is 57.6 Å². The van der Waals surface area contributed by atoms with Gasteiger partial charge in [-0.05, 0) is 31.2 Å². The molecule has 1 N–H and O–H groups in total. The number of rotatable bonds is 4. The molecule has 0 saturated heterocycles. The number of nitrogens with one attached hydrogen (secondary N) is 1. The van der Waals surface area contributed by atoms with E-state index in [1.165, 1.54) is 25.1 Å². The van der Waals surface area contributed by atoms with Gasteiger partial charge < -0.3 is 13.9 Å². The van der Waals surface area contributed by atoms with Gasteiger partial charge in [-0.15, -0.1) is 5.10 Å². The van der Waals surface area contributed by atoms with Crippen molar-refractivity contribution in [1.82, 2.24) is 10.2 Å². The van der Waals surface area contributed by atoms with Crippen LogP contribution in [0.15, 0.2) is 40.8 Å². The van der Waals surface area contributed by atoms with Crippen LogP contribution >= 0.6 is 0 Å². The molecule has 3 aromatic rings. The molecule has 0 aliphatic carbocycles. The van der Waals surface area contributed by atoms with Crippen molar-refractivity contribution in [1.29, 1.82) is 0 Å². The second-order valence-corrected chi connectivity index (χ2v) is 5.64. The van der Waals surface area contributed by atoms with Crippen LogP contribution in [-0.4, -0.2) is 27.8 Å². The molecule has 0 unspecified atom stereocenters. The zero-order valence-electron chi connectivity index (χ0n) is 14.0. The highest BCUT2D eigenvalue weighted by molar-refractivity contribution is 6.04. The number of carbonyl (C=O) groups is 1. The SMILES string of the molecule is Cc1c(C(=O)Nc2nnc(-c3ccc4c(c3)OCO4)o2)cccc1[N+](=O)[O-]. The lowest BCUT2D eigenvalue weighted by Gasteiger charge is -2.05. The number of carbonyl (C=O) groups excluding carboxylic acids is 1. The van der Waals surface area contributed by atoms with Crippen LogP contribution in [0.1, 0.15) is 15.9 Å². The second-order valence-electron chi connectivity index (χ2n) is 5.64. The van der Waals surface area contributed by atoms with Crippen LogP contribution in [0.2, 0.25) is 0 Å². The summed E-state index contributed by atoms with van der Waals surface area (Å²) in [6.07, 6.45) is 0. The van der Waals surface area contributed by atoms with Crippen molar-refractivity contribution in [3.63, 3.8) is 0 Å². The van der Waals surface area contributed by atoms with Gasteiger partial charge in [-0.3, -0.25) is 20.2 Å². The Morgan fingerprint density at radius 2 is 2.00 bits per heavy atom. The van der Waals surface area contributed by atoms with Gasteiger partial charge in [0.25, 0.3) is 11.6 Å². The van der Waals surface area contributed by atoms with Crippen molar-refractivity contribution in [2.45, 2.75) is 6.92 Å². The Bertz CT molecular complexity index is 1060. The number of anilines is 1. The van der Waals surface area contributed by atoms with E-state index in [0.29, 0.717) is 17.1 Å². The minimum atomic E-state index is -0.586. The fourth-order valence-corrected chi connectivity index (χ4v) is 2.65. The van der Waals surface area contributed by atoms with Crippen molar-refractivity contribution in [3.8, 4) is 23.0 Å². The summed E-state index contributed by atoms with van der Waals surface area (Å²) in [7, 11) is 0. The number of hydrogen-bond donors (Lipinski definition) is 1. The Morgan fingerprint density at radius 1 is 1.19 bits per heavy atom. The van der Waals surface area contributed by atoms with Crippen LogP contribution in [0.25, 0.3) is 11.5 Å². The van der Waals surface area contributed by atoms with Gasteiger partial charge in [0.15, 0.2) is 11.5 Å². The molecule has 0 bridgehead atoms. The summed E-state index contributed by atoms with van der Waals surface area (Å²) in [5, 5.41) is 21.1. The third-order valence-electron chi connectivity index (χ3n) is 4.01. The van der Waals surface area contributed by atoms with Gasteiger partial charge in [0.1, 0.15) is 0 Å². The van der Waals surface area contributed by atoms with Crippen LogP contribution in [0.3, 0.4) is 0 Å². The summed E-state index contributed by atoms with van der Waals surface area (Å²) < 4.78 is 16.0. The molecule has 0 fully saturated rings.